The van der Waals surface area contributed by atoms with Crippen molar-refractivity contribution in [1.29, 1.82) is 0 Å². The number of nitrogens with two attached hydrogens (primary N) is 1. The largest absolute Gasteiger partial charge is 0.454 e. The van der Waals surface area contributed by atoms with E-state index in [4.69, 9.17) is 20.1 Å². The van der Waals surface area contributed by atoms with Gasteiger partial charge in [0.2, 0.25) is 12.7 Å². The van der Waals surface area contributed by atoms with Gasteiger partial charge in [0, 0.05) is 6.07 Å². The molecule has 7 nitrogen and oxygen atoms in total. The molecule has 2 aromatic rings. The molecule has 98 valence electrons. The number of benzene rings is 1. The Bertz CT molecular complexity index is 623. The number of rotatable bonds is 3. The molecule has 0 amide bonds. The minimum Gasteiger partial charge on any atom is -0.454 e. The van der Waals surface area contributed by atoms with Crippen LogP contribution >= 0.6 is 15.9 Å². The fourth-order valence-electron chi connectivity index (χ4n) is 1.58. The van der Waals surface area contributed by atoms with E-state index in [0.29, 0.717) is 33.4 Å². The van der Waals surface area contributed by atoms with E-state index in [0.717, 1.165) is 0 Å². The van der Waals surface area contributed by atoms with Crippen molar-refractivity contribution >= 4 is 21.7 Å². The van der Waals surface area contributed by atoms with Gasteiger partial charge in [0.25, 0.3) is 0 Å². The fourth-order valence-corrected chi connectivity index (χ4v) is 1.98. The lowest BCUT2D eigenvalue weighted by Gasteiger charge is -2.09. The lowest BCUT2D eigenvalue weighted by Crippen LogP contribution is -2.09. The molecule has 0 radical (unpaired) electrons. The van der Waals surface area contributed by atoms with Gasteiger partial charge in [-0.2, -0.15) is 0 Å². The van der Waals surface area contributed by atoms with E-state index in [1.165, 1.54) is 6.33 Å². The number of nitrogens with one attached hydrogen (secondary N) is 1. The van der Waals surface area contributed by atoms with Crippen molar-refractivity contribution in [2.75, 3.05) is 12.2 Å². The molecule has 0 saturated heterocycles. The monoisotopic (exact) mass is 324 g/mol. The van der Waals surface area contributed by atoms with Gasteiger partial charge in [0.15, 0.2) is 17.3 Å². The van der Waals surface area contributed by atoms with Gasteiger partial charge >= 0.3 is 0 Å². The van der Waals surface area contributed by atoms with Crippen LogP contribution in [0.15, 0.2) is 29.0 Å². The summed E-state index contributed by atoms with van der Waals surface area (Å²) in [5.41, 5.74) is 2.44. The zero-order valence-electron chi connectivity index (χ0n) is 9.59. The van der Waals surface area contributed by atoms with Crippen LogP contribution in [0.5, 0.6) is 23.1 Å². The zero-order valence-corrected chi connectivity index (χ0v) is 11.2. The van der Waals surface area contributed by atoms with Crippen LogP contribution in [0.2, 0.25) is 0 Å². The van der Waals surface area contributed by atoms with Crippen LogP contribution in [-0.4, -0.2) is 16.8 Å². The van der Waals surface area contributed by atoms with Gasteiger partial charge in [-0.15, -0.1) is 0 Å². The number of ether oxygens (including phenoxy) is 3. The molecule has 3 rings (SSSR count). The van der Waals surface area contributed by atoms with Gasteiger partial charge < -0.3 is 19.6 Å². The third-order valence-corrected chi connectivity index (χ3v) is 3.17. The highest BCUT2D eigenvalue weighted by Crippen LogP contribution is 2.38. The third kappa shape index (κ3) is 2.27. The van der Waals surface area contributed by atoms with Gasteiger partial charge in [-0.05, 0) is 28.1 Å². The number of nitrogens with zero attached hydrogens (tertiary/aromatic N) is 2. The van der Waals surface area contributed by atoms with E-state index in [9.17, 15) is 0 Å². The number of anilines is 1. The molecule has 3 N–H and O–H groups in total. The quantitative estimate of drug-likeness (QED) is 0.659. The molecule has 0 unspecified atom stereocenters. The lowest BCUT2D eigenvalue weighted by molar-refractivity contribution is 0.174. The highest BCUT2D eigenvalue weighted by molar-refractivity contribution is 9.10. The van der Waals surface area contributed by atoms with Gasteiger partial charge in [-0.25, -0.2) is 15.8 Å². The first-order valence-electron chi connectivity index (χ1n) is 5.32. The molecule has 1 aliphatic rings. The Morgan fingerprint density at radius 1 is 1.26 bits per heavy atom. The molecule has 0 bridgehead atoms. The Labute approximate surface area is 116 Å². The van der Waals surface area contributed by atoms with Gasteiger partial charge in [0.05, 0.1) is 0 Å². The number of hydrogen-bond acceptors (Lipinski definition) is 7. The van der Waals surface area contributed by atoms with E-state index in [2.05, 4.69) is 31.3 Å². The van der Waals surface area contributed by atoms with Crippen LogP contribution < -0.4 is 25.5 Å². The number of hydrogen-bond donors (Lipinski definition) is 2. The number of halogens is 1. The summed E-state index contributed by atoms with van der Waals surface area (Å²) in [5.74, 6) is 8.02. The number of nitrogen functional groups attached to an aromatic ring is 1. The van der Waals surface area contributed by atoms with E-state index in [1.54, 1.807) is 18.2 Å². The number of aromatic nitrogens is 2. The topological polar surface area (TPSA) is 91.5 Å². The van der Waals surface area contributed by atoms with E-state index in [-0.39, 0.29) is 6.79 Å². The predicted octanol–water partition coefficient (Wildman–Crippen LogP) is 2.05. The van der Waals surface area contributed by atoms with Crippen LogP contribution in [0.25, 0.3) is 0 Å². The highest BCUT2D eigenvalue weighted by Gasteiger charge is 2.15. The summed E-state index contributed by atoms with van der Waals surface area (Å²) in [6, 6.07) is 5.26. The minimum atomic E-state index is 0.219. The number of hydrazine groups is 1. The Hall–Kier alpha value is -2.06. The molecular formula is C11H9BrN4O3. The molecule has 1 aromatic carbocycles. The van der Waals surface area contributed by atoms with Crippen LogP contribution in [0.1, 0.15) is 0 Å². The molecule has 2 heterocycles. The van der Waals surface area contributed by atoms with Crippen LogP contribution in [-0.2, 0) is 0 Å². The summed E-state index contributed by atoms with van der Waals surface area (Å²) < 4.78 is 16.7. The average Bonchev–Trinajstić information content (AvgIpc) is 2.88. The number of fused-ring (bicyclic) bond motifs is 1. The Morgan fingerprint density at radius 3 is 2.95 bits per heavy atom. The maximum atomic E-state index is 5.65. The normalized spacial score (nSPS) is 12.3. The van der Waals surface area contributed by atoms with Gasteiger partial charge in [-0.1, -0.05) is 0 Å². The molecule has 1 aliphatic heterocycles. The van der Waals surface area contributed by atoms with E-state index < -0.39 is 0 Å². The summed E-state index contributed by atoms with van der Waals surface area (Å²) in [7, 11) is 0. The van der Waals surface area contributed by atoms with Crippen molar-refractivity contribution in [1.82, 2.24) is 9.97 Å². The van der Waals surface area contributed by atoms with E-state index >= 15 is 0 Å². The second-order valence-electron chi connectivity index (χ2n) is 3.60. The Balaban J connectivity index is 1.89. The van der Waals surface area contributed by atoms with Gasteiger partial charge in [-0.3, -0.25) is 0 Å². The first kappa shape index (κ1) is 12.0. The average molecular weight is 325 g/mol. The summed E-state index contributed by atoms with van der Waals surface area (Å²) >= 11 is 3.31. The minimum absolute atomic E-state index is 0.219. The molecule has 8 heteroatoms. The molecule has 1 aromatic heterocycles. The van der Waals surface area contributed by atoms with Crippen LogP contribution in [0.4, 0.5) is 5.82 Å². The molecule has 0 atom stereocenters. The molecule has 0 spiro atoms. The molecule has 19 heavy (non-hydrogen) atoms. The summed E-state index contributed by atoms with van der Waals surface area (Å²) in [6.07, 6.45) is 1.35. The van der Waals surface area contributed by atoms with Crippen molar-refractivity contribution in [3.8, 4) is 23.1 Å². The van der Waals surface area contributed by atoms with Crippen molar-refractivity contribution in [3.63, 3.8) is 0 Å². The highest BCUT2D eigenvalue weighted by atomic mass is 79.9. The van der Waals surface area contributed by atoms with Crippen molar-refractivity contribution in [2.24, 2.45) is 5.84 Å². The van der Waals surface area contributed by atoms with Gasteiger partial charge in [0.1, 0.15) is 16.5 Å². The summed E-state index contributed by atoms with van der Waals surface area (Å²) in [6.45, 7) is 0.219. The van der Waals surface area contributed by atoms with Crippen molar-refractivity contribution in [2.45, 2.75) is 0 Å². The predicted molar refractivity (Wildman–Crippen MR) is 70.2 cm³/mol. The lowest BCUT2D eigenvalue weighted by atomic mass is 10.3. The zero-order chi connectivity index (χ0) is 13.2. The maximum Gasteiger partial charge on any atom is 0.238 e. The Kier molecular flexibility index (Phi) is 3.10. The van der Waals surface area contributed by atoms with Crippen LogP contribution in [0, 0.1) is 0 Å². The molecule has 0 saturated carbocycles. The fraction of sp³-hybridized carbons (Fsp3) is 0.0909. The maximum absolute atomic E-state index is 5.65. The summed E-state index contributed by atoms with van der Waals surface area (Å²) in [4.78, 5) is 7.97. The smallest absolute Gasteiger partial charge is 0.238 e. The van der Waals surface area contributed by atoms with Crippen LogP contribution in [0.3, 0.4) is 0 Å². The van der Waals surface area contributed by atoms with Crippen molar-refractivity contribution < 1.29 is 14.2 Å². The standard InChI is InChI=1S/C11H9BrN4O3/c12-9-10(16-13)14-4-15-11(9)19-6-1-2-7-8(3-6)18-5-17-7/h1-4H,5,13H2,(H,14,15,16). The first-order chi connectivity index (χ1) is 9.28. The second-order valence-corrected chi connectivity index (χ2v) is 4.40. The molecule has 0 aliphatic carbocycles. The van der Waals surface area contributed by atoms with Crippen molar-refractivity contribution in [3.05, 3.63) is 29.0 Å². The van der Waals surface area contributed by atoms with E-state index in [1.807, 2.05) is 0 Å². The first-order valence-corrected chi connectivity index (χ1v) is 6.12. The SMILES string of the molecule is NNc1ncnc(Oc2ccc3c(c2)OCO3)c1Br. The third-order valence-electron chi connectivity index (χ3n) is 2.45. The molecular weight excluding hydrogens is 316 g/mol. The molecule has 0 fully saturated rings. The summed E-state index contributed by atoms with van der Waals surface area (Å²) in [5, 5.41) is 0. The Morgan fingerprint density at radius 2 is 2.11 bits per heavy atom. The second kappa shape index (κ2) is 4.90.